The SMILES string of the molecule is CC1C(Oc2ncc(C(F)(F)F)cn2)CCCN1C(=O)OC(C)(C)C. The monoisotopic (exact) mass is 361 g/mol. The highest BCUT2D eigenvalue weighted by Crippen LogP contribution is 2.29. The van der Waals surface area contributed by atoms with Crippen LogP contribution in [0.3, 0.4) is 0 Å². The Morgan fingerprint density at radius 3 is 2.36 bits per heavy atom. The first-order chi connectivity index (χ1) is 11.5. The zero-order valence-corrected chi connectivity index (χ0v) is 14.6. The maximum absolute atomic E-state index is 12.5. The third kappa shape index (κ3) is 5.20. The highest BCUT2D eigenvalue weighted by Gasteiger charge is 2.36. The van der Waals surface area contributed by atoms with Crippen molar-refractivity contribution in [3.63, 3.8) is 0 Å². The number of rotatable bonds is 2. The molecule has 140 valence electrons. The maximum atomic E-state index is 12.5. The van der Waals surface area contributed by atoms with Crippen LogP contribution in [0, 0.1) is 0 Å². The van der Waals surface area contributed by atoms with Crippen LogP contribution in [0.4, 0.5) is 18.0 Å². The van der Waals surface area contributed by atoms with E-state index in [0.717, 1.165) is 0 Å². The molecule has 2 rings (SSSR count). The van der Waals surface area contributed by atoms with E-state index >= 15 is 0 Å². The number of hydrogen-bond donors (Lipinski definition) is 0. The highest BCUT2D eigenvalue weighted by atomic mass is 19.4. The Morgan fingerprint density at radius 2 is 1.84 bits per heavy atom. The van der Waals surface area contributed by atoms with Crippen LogP contribution in [0.25, 0.3) is 0 Å². The lowest BCUT2D eigenvalue weighted by atomic mass is 10.0. The van der Waals surface area contributed by atoms with Gasteiger partial charge in [-0.1, -0.05) is 0 Å². The van der Waals surface area contributed by atoms with E-state index < -0.39 is 29.5 Å². The van der Waals surface area contributed by atoms with Gasteiger partial charge >= 0.3 is 18.3 Å². The summed E-state index contributed by atoms with van der Waals surface area (Å²) in [6.07, 6.45) is -2.66. The van der Waals surface area contributed by atoms with Crippen molar-refractivity contribution in [2.24, 2.45) is 0 Å². The number of aromatic nitrogens is 2. The Hall–Kier alpha value is -2.06. The molecule has 1 fully saturated rings. The van der Waals surface area contributed by atoms with Crippen LogP contribution < -0.4 is 4.74 Å². The number of amides is 1. The Labute approximate surface area is 144 Å². The number of ether oxygens (including phenoxy) is 2. The number of piperidine rings is 1. The van der Waals surface area contributed by atoms with Crippen molar-refractivity contribution in [1.29, 1.82) is 0 Å². The molecule has 0 radical (unpaired) electrons. The lowest BCUT2D eigenvalue weighted by molar-refractivity contribution is -0.138. The van der Waals surface area contributed by atoms with Crippen LogP contribution >= 0.6 is 0 Å². The largest absolute Gasteiger partial charge is 0.458 e. The first-order valence-electron chi connectivity index (χ1n) is 8.03. The fourth-order valence-electron chi connectivity index (χ4n) is 2.50. The van der Waals surface area contributed by atoms with Gasteiger partial charge in [0.2, 0.25) is 0 Å². The molecule has 1 aliphatic heterocycles. The minimum Gasteiger partial charge on any atom is -0.458 e. The van der Waals surface area contributed by atoms with E-state index in [-0.39, 0.29) is 12.1 Å². The summed E-state index contributed by atoms with van der Waals surface area (Å²) in [6, 6.07) is -0.453. The lowest BCUT2D eigenvalue weighted by Gasteiger charge is -2.39. The van der Waals surface area contributed by atoms with Crippen molar-refractivity contribution in [2.45, 2.75) is 64.5 Å². The smallest absolute Gasteiger partial charge is 0.419 e. The first kappa shape index (κ1) is 19.3. The second-order valence-electron chi connectivity index (χ2n) is 6.96. The zero-order valence-electron chi connectivity index (χ0n) is 14.6. The Balaban J connectivity index is 2.03. The Bertz CT molecular complexity index is 599. The topological polar surface area (TPSA) is 64.6 Å². The number of nitrogens with zero attached hydrogens (tertiary/aromatic N) is 3. The van der Waals surface area contributed by atoms with E-state index in [1.807, 2.05) is 0 Å². The maximum Gasteiger partial charge on any atom is 0.419 e. The van der Waals surface area contributed by atoms with Crippen molar-refractivity contribution in [1.82, 2.24) is 14.9 Å². The van der Waals surface area contributed by atoms with Crippen molar-refractivity contribution >= 4 is 6.09 Å². The van der Waals surface area contributed by atoms with E-state index in [9.17, 15) is 18.0 Å². The molecule has 1 aromatic rings. The number of hydrogen-bond acceptors (Lipinski definition) is 5. The van der Waals surface area contributed by atoms with Crippen molar-refractivity contribution in [3.05, 3.63) is 18.0 Å². The predicted molar refractivity (Wildman–Crippen MR) is 83.1 cm³/mol. The van der Waals surface area contributed by atoms with Gasteiger partial charge in [0, 0.05) is 18.9 Å². The molecule has 0 N–H and O–H groups in total. The Kier molecular flexibility index (Phi) is 5.43. The molecule has 0 aromatic carbocycles. The van der Waals surface area contributed by atoms with Gasteiger partial charge in [-0.3, -0.25) is 0 Å². The third-order valence-corrected chi connectivity index (χ3v) is 3.76. The molecule has 1 aliphatic rings. The predicted octanol–water partition coefficient (Wildman–Crippen LogP) is 3.66. The molecule has 6 nitrogen and oxygen atoms in total. The summed E-state index contributed by atoms with van der Waals surface area (Å²) < 4.78 is 48.6. The van der Waals surface area contributed by atoms with Gasteiger partial charge in [0.25, 0.3) is 0 Å². The van der Waals surface area contributed by atoms with Crippen molar-refractivity contribution in [3.8, 4) is 6.01 Å². The third-order valence-electron chi connectivity index (χ3n) is 3.76. The van der Waals surface area contributed by atoms with Crippen molar-refractivity contribution in [2.75, 3.05) is 6.54 Å². The zero-order chi connectivity index (χ0) is 18.8. The van der Waals surface area contributed by atoms with E-state index in [0.29, 0.717) is 31.8 Å². The summed E-state index contributed by atoms with van der Waals surface area (Å²) in [5, 5.41) is 0. The summed E-state index contributed by atoms with van der Waals surface area (Å²) in [4.78, 5) is 21.1. The molecular formula is C16H22F3N3O3. The highest BCUT2D eigenvalue weighted by molar-refractivity contribution is 5.68. The molecule has 0 spiro atoms. The van der Waals surface area contributed by atoms with Crippen LogP contribution in [0.15, 0.2) is 12.4 Å². The standard InChI is InChI=1S/C16H22F3N3O3/c1-10-12(6-5-7-22(10)14(23)25-15(2,3)4)24-13-20-8-11(9-21-13)16(17,18)19/h8-10,12H,5-7H2,1-4H3. The van der Waals surface area contributed by atoms with E-state index in [1.54, 1.807) is 32.6 Å². The molecule has 0 bridgehead atoms. The molecule has 2 unspecified atom stereocenters. The van der Waals surface area contributed by atoms with Gasteiger partial charge in [-0.25, -0.2) is 14.8 Å². The average Bonchev–Trinajstić information content (AvgIpc) is 2.47. The van der Waals surface area contributed by atoms with Crippen molar-refractivity contribution < 1.29 is 27.4 Å². The van der Waals surface area contributed by atoms with Gasteiger partial charge in [0.1, 0.15) is 11.7 Å². The lowest BCUT2D eigenvalue weighted by Crippen LogP contribution is -2.52. The van der Waals surface area contributed by atoms with Gasteiger partial charge < -0.3 is 14.4 Å². The number of halogens is 3. The van der Waals surface area contributed by atoms with E-state index in [4.69, 9.17) is 9.47 Å². The van der Waals surface area contributed by atoms with E-state index in [1.165, 1.54) is 0 Å². The van der Waals surface area contributed by atoms with Crippen LogP contribution in [0.5, 0.6) is 6.01 Å². The summed E-state index contributed by atoms with van der Waals surface area (Å²) in [7, 11) is 0. The fourth-order valence-corrected chi connectivity index (χ4v) is 2.50. The second kappa shape index (κ2) is 7.05. The number of carbonyl (C=O) groups is 1. The first-order valence-corrected chi connectivity index (χ1v) is 8.03. The minimum atomic E-state index is -4.50. The number of alkyl halides is 3. The van der Waals surface area contributed by atoms with Gasteiger partial charge in [-0.15, -0.1) is 0 Å². The van der Waals surface area contributed by atoms with Gasteiger partial charge in [0.15, 0.2) is 0 Å². The van der Waals surface area contributed by atoms with Crippen LogP contribution in [-0.2, 0) is 10.9 Å². The normalized spacial score (nSPS) is 21.8. The summed E-state index contributed by atoms with van der Waals surface area (Å²) in [5.74, 6) is 0. The Morgan fingerprint density at radius 1 is 1.24 bits per heavy atom. The van der Waals surface area contributed by atoms with E-state index in [2.05, 4.69) is 9.97 Å². The van der Waals surface area contributed by atoms with Crippen LogP contribution in [0.1, 0.15) is 46.1 Å². The molecular weight excluding hydrogens is 339 g/mol. The molecule has 1 aromatic heterocycles. The molecule has 9 heteroatoms. The molecule has 1 saturated heterocycles. The molecule has 2 heterocycles. The number of likely N-dealkylation sites (tertiary alicyclic amines) is 1. The quantitative estimate of drug-likeness (QED) is 0.804. The summed E-state index contributed by atoms with van der Waals surface area (Å²) in [5.41, 5.74) is -1.55. The average molecular weight is 361 g/mol. The van der Waals surface area contributed by atoms with Crippen LogP contribution in [0.2, 0.25) is 0 Å². The van der Waals surface area contributed by atoms with Gasteiger partial charge in [-0.2, -0.15) is 13.2 Å². The molecule has 0 aliphatic carbocycles. The van der Waals surface area contributed by atoms with Crippen LogP contribution in [-0.4, -0.2) is 45.3 Å². The number of carbonyl (C=O) groups excluding carboxylic acids is 1. The van der Waals surface area contributed by atoms with Gasteiger partial charge in [0.05, 0.1) is 11.6 Å². The minimum absolute atomic E-state index is 0.143. The molecule has 2 atom stereocenters. The summed E-state index contributed by atoms with van der Waals surface area (Å²) >= 11 is 0. The van der Waals surface area contributed by atoms with Gasteiger partial charge in [-0.05, 0) is 40.5 Å². The second-order valence-corrected chi connectivity index (χ2v) is 6.96. The molecule has 25 heavy (non-hydrogen) atoms. The molecule has 1 amide bonds. The fraction of sp³-hybridized carbons (Fsp3) is 0.688. The summed E-state index contributed by atoms with van der Waals surface area (Å²) in [6.45, 7) is 7.68. The molecule has 0 saturated carbocycles.